The lowest BCUT2D eigenvalue weighted by Gasteiger charge is -2.26. The van der Waals surface area contributed by atoms with Crippen molar-refractivity contribution in [3.63, 3.8) is 0 Å². The minimum atomic E-state index is -3.12. The summed E-state index contributed by atoms with van der Waals surface area (Å²) in [6.45, 7) is 0. The summed E-state index contributed by atoms with van der Waals surface area (Å²) in [4.78, 5) is 3.92. The molecule has 2 heterocycles. The topological polar surface area (TPSA) is 49.9 Å². The first kappa shape index (κ1) is 17.8. The number of ether oxygens (including phenoxy) is 1. The predicted octanol–water partition coefficient (Wildman–Crippen LogP) is 3.23. The van der Waals surface area contributed by atoms with Crippen LogP contribution < -0.4 is 14.5 Å². The van der Waals surface area contributed by atoms with Gasteiger partial charge in [-0.05, 0) is 48.6 Å². The third kappa shape index (κ3) is 3.00. The van der Waals surface area contributed by atoms with Crippen LogP contribution in [0, 0.1) is 0 Å². The van der Waals surface area contributed by atoms with E-state index < -0.39 is 9.84 Å². The molecule has 2 aromatic rings. The Morgan fingerprint density at radius 2 is 1.65 bits per heavy atom. The first-order valence-electron chi connectivity index (χ1n) is 8.12. The summed E-state index contributed by atoms with van der Waals surface area (Å²) in [5.74, 6) is 0.918. The van der Waals surface area contributed by atoms with Crippen LogP contribution in [0.5, 0.6) is 5.75 Å². The van der Waals surface area contributed by atoms with Crippen molar-refractivity contribution in [2.75, 3.05) is 28.4 Å². The second kappa shape index (κ2) is 6.51. The molecular formula is C18H17BrN2O3S2. The number of hydrogen-bond acceptors (Lipinski definition) is 4. The molecule has 4 rings (SSSR count). The van der Waals surface area contributed by atoms with Gasteiger partial charge in [-0.3, -0.25) is 0 Å². The van der Waals surface area contributed by atoms with Gasteiger partial charge in [0.1, 0.15) is 5.75 Å². The second-order valence-corrected chi connectivity index (χ2v) is 9.85. The average molecular weight is 453 g/mol. The predicted molar refractivity (Wildman–Crippen MR) is 111 cm³/mol. The molecule has 0 amide bonds. The van der Waals surface area contributed by atoms with Crippen molar-refractivity contribution in [1.29, 1.82) is 0 Å². The van der Waals surface area contributed by atoms with E-state index in [1.165, 1.54) is 0 Å². The maximum absolute atomic E-state index is 12.4. The monoisotopic (exact) mass is 452 g/mol. The second-order valence-electron chi connectivity index (χ2n) is 6.41. The zero-order chi connectivity index (χ0) is 18.5. The standard InChI is InChI=1S/C18H17BrN2O3S2/c1-24-15-4-2-3-14(9-15)21-17-11-26(22,23)10-16(17)20(18(21)25)13-7-5-12(19)6-8-13/h2-9,16-17H,10-11H2,1H3/t16-,17-/m0/s1. The van der Waals surface area contributed by atoms with Gasteiger partial charge in [0.2, 0.25) is 0 Å². The van der Waals surface area contributed by atoms with E-state index in [4.69, 9.17) is 17.0 Å². The molecule has 0 spiro atoms. The number of thiocarbonyl (C=S) groups is 1. The normalized spacial score (nSPS) is 24.0. The van der Waals surface area contributed by atoms with E-state index in [9.17, 15) is 8.42 Å². The highest BCUT2D eigenvalue weighted by Gasteiger charge is 2.52. The van der Waals surface area contributed by atoms with Crippen LogP contribution in [0.4, 0.5) is 11.4 Å². The van der Waals surface area contributed by atoms with E-state index in [0.717, 1.165) is 15.8 Å². The lowest BCUT2D eigenvalue weighted by molar-refractivity contribution is 0.415. The van der Waals surface area contributed by atoms with E-state index >= 15 is 0 Å². The molecule has 26 heavy (non-hydrogen) atoms. The Balaban J connectivity index is 1.80. The molecule has 2 saturated heterocycles. The summed E-state index contributed by atoms with van der Waals surface area (Å²) < 4.78 is 31.0. The van der Waals surface area contributed by atoms with Gasteiger partial charge in [0, 0.05) is 21.9 Å². The minimum Gasteiger partial charge on any atom is -0.497 e. The van der Waals surface area contributed by atoms with Crippen molar-refractivity contribution in [1.82, 2.24) is 0 Å². The number of methoxy groups -OCH3 is 1. The van der Waals surface area contributed by atoms with Crippen molar-refractivity contribution in [2.24, 2.45) is 0 Å². The van der Waals surface area contributed by atoms with Gasteiger partial charge >= 0.3 is 0 Å². The largest absolute Gasteiger partial charge is 0.497 e. The molecule has 2 aliphatic rings. The van der Waals surface area contributed by atoms with Gasteiger partial charge < -0.3 is 14.5 Å². The summed E-state index contributed by atoms with van der Waals surface area (Å²) in [6.07, 6.45) is 0. The minimum absolute atomic E-state index is 0.0993. The lowest BCUT2D eigenvalue weighted by Crippen LogP contribution is -2.37. The molecular weight excluding hydrogens is 436 g/mol. The first-order chi connectivity index (χ1) is 12.4. The summed E-state index contributed by atoms with van der Waals surface area (Å²) >= 11 is 9.21. The Labute approximate surface area is 166 Å². The van der Waals surface area contributed by atoms with E-state index in [0.29, 0.717) is 10.9 Å². The van der Waals surface area contributed by atoms with E-state index in [1.807, 2.05) is 58.3 Å². The van der Waals surface area contributed by atoms with Crippen molar-refractivity contribution in [3.8, 4) is 5.75 Å². The van der Waals surface area contributed by atoms with Crippen molar-refractivity contribution >= 4 is 54.5 Å². The Morgan fingerprint density at radius 1 is 1.04 bits per heavy atom. The molecule has 2 atom stereocenters. The fourth-order valence-electron chi connectivity index (χ4n) is 3.67. The molecule has 0 N–H and O–H groups in total. The lowest BCUT2D eigenvalue weighted by atomic mass is 10.1. The molecule has 5 nitrogen and oxygen atoms in total. The Kier molecular flexibility index (Phi) is 4.45. The molecule has 0 saturated carbocycles. The van der Waals surface area contributed by atoms with Crippen molar-refractivity contribution in [3.05, 3.63) is 53.0 Å². The third-order valence-electron chi connectivity index (χ3n) is 4.81. The molecule has 0 radical (unpaired) electrons. The van der Waals surface area contributed by atoms with Crippen LogP contribution in [-0.2, 0) is 9.84 Å². The van der Waals surface area contributed by atoms with Crippen molar-refractivity contribution in [2.45, 2.75) is 12.1 Å². The van der Waals surface area contributed by atoms with Gasteiger partial charge in [0.15, 0.2) is 14.9 Å². The zero-order valence-electron chi connectivity index (χ0n) is 14.0. The van der Waals surface area contributed by atoms with Crippen molar-refractivity contribution < 1.29 is 13.2 Å². The smallest absolute Gasteiger partial charge is 0.181 e. The number of fused-ring (bicyclic) bond motifs is 1. The molecule has 2 aliphatic heterocycles. The van der Waals surface area contributed by atoms with Crippen LogP contribution in [0.2, 0.25) is 0 Å². The molecule has 2 fully saturated rings. The number of rotatable bonds is 3. The van der Waals surface area contributed by atoms with E-state index in [2.05, 4.69) is 15.9 Å². The molecule has 2 aromatic carbocycles. The van der Waals surface area contributed by atoms with E-state index in [1.54, 1.807) is 7.11 Å². The fourth-order valence-corrected chi connectivity index (χ4v) is 6.33. The first-order valence-corrected chi connectivity index (χ1v) is 11.1. The molecule has 0 unspecified atom stereocenters. The highest BCUT2D eigenvalue weighted by molar-refractivity contribution is 9.10. The van der Waals surface area contributed by atoms with Crippen LogP contribution >= 0.6 is 28.1 Å². The number of sulfone groups is 1. The Bertz CT molecular complexity index is 963. The molecule has 136 valence electrons. The molecule has 0 aromatic heterocycles. The summed E-state index contributed by atoms with van der Waals surface area (Å²) in [5, 5.41) is 0.616. The molecule has 8 heteroatoms. The van der Waals surface area contributed by atoms with Crippen LogP contribution in [0.25, 0.3) is 0 Å². The summed E-state index contributed by atoms with van der Waals surface area (Å²) in [5.41, 5.74) is 1.75. The number of hydrogen-bond donors (Lipinski definition) is 0. The van der Waals surface area contributed by atoms with Crippen LogP contribution in [0.3, 0.4) is 0 Å². The Morgan fingerprint density at radius 3 is 2.27 bits per heavy atom. The van der Waals surface area contributed by atoms with Gasteiger partial charge in [-0.2, -0.15) is 0 Å². The fraction of sp³-hybridized carbons (Fsp3) is 0.278. The Hall–Kier alpha value is -1.64. The van der Waals surface area contributed by atoms with Gasteiger partial charge in [0.05, 0.1) is 30.7 Å². The number of halogens is 1. The highest BCUT2D eigenvalue weighted by atomic mass is 79.9. The molecule has 0 bridgehead atoms. The number of benzene rings is 2. The number of nitrogens with zero attached hydrogens (tertiary/aromatic N) is 2. The van der Waals surface area contributed by atoms with Gasteiger partial charge in [0.25, 0.3) is 0 Å². The SMILES string of the molecule is COc1cccc(N2C(=S)N(c3ccc(Br)cc3)[C@H]3CS(=O)(=O)C[C@@H]32)c1. The third-order valence-corrected chi connectivity index (χ3v) is 7.43. The van der Waals surface area contributed by atoms with Crippen LogP contribution in [0.15, 0.2) is 53.0 Å². The summed E-state index contributed by atoms with van der Waals surface area (Å²) in [6, 6.07) is 14.9. The quantitative estimate of drug-likeness (QED) is 0.666. The van der Waals surface area contributed by atoms with Crippen LogP contribution in [-0.4, -0.2) is 44.2 Å². The van der Waals surface area contributed by atoms with Gasteiger partial charge in [-0.1, -0.05) is 22.0 Å². The van der Waals surface area contributed by atoms with Gasteiger partial charge in [-0.25, -0.2) is 8.42 Å². The number of anilines is 2. The maximum atomic E-state index is 12.4. The highest BCUT2D eigenvalue weighted by Crippen LogP contribution is 2.39. The molecule has 0 aliphatic carbocycles. The van der Waals surface area contributed by atoms with Crippen LogP contribution in [0.1, 0.15) is 0 Å². The van der Waals surface area contributed by atoms with E-state index in [-0.39, 0.29) is 23.6 Å². The van der Waals surface area contributed by atoms with Gasteiger partial charge in [-0.15, -0.1) is 0 Å². The average Bonchev–Trinajstić information content (AvgIpc) is 3.04. The zero-order valence-corrected chi connectivity index (χ0v) is 17.2. The summed E-state index contributed by atoms with van der Waals surface area (Å²) in [7, 11) is -1.51. The maximum Gasteiger partial charge on any atom is 0.181 e.